The van der Waals surface area contributed by atoms with E-state index in [-0.39, 0.29) is 6.61 Å². The number of hydrogen-bond acceptors (Lipinski definition) is 3. The van der Waals surface area contributed by atoms with Crippen LogP contribution in [-0.2, 0) is 17.8 Å². The lowest BCUT2D eigenvalue weighted by atomic mass is 10.2. The molecule has 0 radical (unpaired) electrons. The second-order valence-corrected chi connectivity index (χ2v) is 5.76. The maximum atomic E-state index is 11.9. The first-order chi connectivity index (χ1) is 11.7. The molecule has 1 amide bonds. The molecule has 0 fully saturated rings. The van der Waals surface area contributed by atoms with Crippen molar-refractivity contribution in [3.8, 4) is 0 Å². The highest BCUT2D eigenvalue weighted by Crippen LogP contribution is 2.24. The van der Waals surface area contributed by atoms with Crippen LogP contribution in [0.5, 0.6) is 0 Å². The highest BCUT2D eigenvalue weighted by atomic mass is 16.5. The molecule has 0 aliphatic heterocycles. The molecule has 1 N–H and O–H groups in total. The molecule has 0 aliphatic carbocycles. The number of amides is 1. The predicted molar refractivity (Wildman–Crippen MR) is 95.1 cm³/mol. The van der Waals surface area contributed by atoms with Crippen molar-refractivity contribution < 1.29 is 13.9 Å². The summed E-state index contributed by atoms with van der Waals surface area (Å²) in [4.78, 5) is 11.9. The quantitative estimate of drug-likeness (QED) is 0.649. The molecule has 124 valence electrons. The molecular weight excluding hydrogens is 302 g/mol. The van der Waals surface area contributed by atoms with Crippen LogP contribution in [0.2, 0.25) is 0 Å². The fraction of sp³-hybridized carbons (Fsp3) is 0.250. The third-order valence-corrected chi connectivity index (χ3v) is 3.80. The topological polar surface area (TPSA) is 51.5 Å². The van der Waals surface area contributed by atoms with Crippen LogP contribution in [0.25, 0.3) is 11.0 Å². The van der Waals surface area contributed by atoms with Crippen LogP contribution in [0.15, 0.2) is 59.0 Å². The SMILES string of the molecule is CCCCc1cc2cc(NC(=O)OCc3ccccc3)ccc2o1. The zero-order valence-corrected chi connectivity index (χ0v) is 13.7. The predicted octanol–water partition coefficient (Wildman–Crippen LogP) is 5.52. The van der Waals surface area contributed by atoms with Gasteiger partial charge in [-0.3, -0.25) is 5.32 Å². The summed E-state index contributed by atoms with van der Waals surface area (Å²) in [5.41, 5.74) is 2.49. The largest absolute Gasteiger partial charge is 0.461 e. The van der Waals surface area contributed by atoms with Gasteiger partial charge in [0.25, 0.3) is 0 Å². The summed E-state index contributed by atoms with van der Waals surface area (Å²) in [5, 5.41) is 3.74. The minimum Gasteiger partial charge on any atom is -0.461 e. The minimum absolute atomic E-state index is 0.252. The van der Waals surface area contributed by atoms with Gasteiger partial charge in [-0.1, -0.05) is 43.7 Å². The Hall–Kier alpha value is -2.75. The van der Waals surface area contributed by atoms with Gasteiger partial charge in [-0.2, -0.15) is 0 Å². The number of ether oxygens (including phenoxy) is 1. The number of unbranched alkanes of at least 4 members (excludes halogenated alkanes) is 1. The van der Waals surface area contributed by atoms with Gasteiger partial charge in [0.15, 0.2) is 0 Å². The Morgan fingerprint density at radius 2 is 1.96 bits per heavy atom. The molecule has 0 aliphatic rings. The molecule has 2 aromatic carbocycles. The van der Waals surface area contributed by atoms with E-state index < -0.39 is 6.09 Å². The van der Waals surface area contributed by atoms with E-state index in [1.807, 2.05) is 54.6 Å². The maximum Gasteiger partial charge on any atom is 0.411 e. The van der Waals surface area contributed by atoms with Crippen molar-refractivity contribution in [1.82, 2.24) is 0 Å². The van der Waals surface area contributed by atoms with E-state index in [0.29, 0.717) is 5.69 Å². The number of carbonyl (C=O) groups excluding carboxylic acids is 1. The van der Waals surface area contributed by atoms with Crippen LogP contribution in [-0.4, -0.2) is 6.09 Å². The number of anilines is 1. The molecule has 4 heteroatoms. The van der Waals surface area contributed by atoms with Gasteiger partial charge in [0.1, 0.15) is 18.0 Å². The molecule has 0 saturated carbocycles. The summed E-state index contributed by atoms with van der Waals surface area (Å²) in [6.45, 7) is 2.41. The number of aryl methyl sites for hydroxylation is 1. The third kappa shape index (κ3) is 4.16. The average molecular weight is 323 g/mol. The average Bonchev–Trinajstić information content (AvgIpc) is 3.01. The normalized spacial score (nSPS) is 10.7. The van der Waals surface area contributed by atoms with Crippen LogP contribution in [0, 0.1) is 0 Å². The summed E-state index contributed by atoms with van der Waals surface area (Å²) in [6.07, 6.45) is 2.72. The third-order valence-electron chi connectivity index (χ3n) is 3.80. The summed E-state index contributed by atoms with van der Waals surface area (Å²) < 4.78 is 11.0. The van der Waals surface area contributed by atoms with Crippen molar-refractivity contribution in [3.63, 3.8) is 0 Å². The molecular formula is C20H21NO3. The van der Waals surface area contributed by atoms with E-state index in [4.69, 9.17) is 9.15 Å². The van der Waals surface area contributed by atoms with Crippen LogP contribution < -0.4 is 5.32 Å². The smallest absolute Gasteiger partial charge is 0.411 e. The van der Waals surface area contributed by atoms with Crippen LogP contribution in [0.4, 0.5) is 10.5 Å². The molecule has 4 nitrogen and oxygen atoms in total. The number of fused-ring (bicyclic) bond motifs is 1. The second-order valence-electron chi connectivity index (χ2n) is 5.76. The lowest BCUT2D eigenvalue weighted by Gasteiger charge is -2.07. The zero-order valence-electron chi connectivity index (χ0n) is 13.7. The van der Waals surface area contributed by atoms with Gasteiger partial charge >= 0.3 is 6.09 Å². The Labute approximate surface area is 141 Å². The van der Waals surface area contributed by atoms with E-state index in [1.165, 1.54) is 0 Å². The van der Waals surface area contributed by atoms with Crippen LogP contribution in [0.1, 0.15) is 31.1 Å². The zero-order chi connectivity index (χ0) is 16.8. The second kappa shape index (κ2) is 7.68. The summed E-state index contributed by atoms with van der Waals surface area (Å²) in [6, 6.07) is 17.2. The van der Waals surface area contributed by atoms with Crippen molar-refractivity contribution in [1.29, 1.82) is 0 Å². The summed E-state index contributed by atoms with van der Waals surface area (Å²) in [5.74, 6) is 0.982. The maximum absolute atomic E-state index is 11.9. The van der Waals surface area contributed by atoms with E-state index in [2.05, 4.69) is 12.2 Å². The Morgan fingerprint density at radius 1 is 1.12 bits per heavy atom. The molecule has 0 atom stereocenters. The number of carbonyl (C=O) groups is 1. The minimum atomic E-state index is -0.465. The first-order valence-electron chi connectivity index (χ1n) is 8.25. The van der Waals surface area contributed by atoms with Gasteiger partial charge in [0.05, 0.1) is 0 Å². The Kier molecular flexibility index (Phi) is 5.16. The lowest BCUT2D eigenvalue weighted by Crippen LogP contribution is -2.13. The van der Waals surface area contributed by atoms with Crippen molar-refractivity contribution in [2.75, 3.05) is 5.32 Å². The first kappa shape index (κ1) is 16.1. The van der Waals surface area contributed by atoms with E-state index in [9.17, 15) is 4.79 Å². The summed E-state index contributed by atoms with van der Waals surface area (Å²) >= 11 is 0. The molecule has 3 aromatic rings. The van der Waals surface area contributed by atoms with Crippen molar-refractivity contribution in [2.24, 2.45) is 0 Å². The molecule has 0 bridgehead atoms. The molecule has 3 rings (SSSR count). The fourth-order valence-corrected chi connectivity index (χ4v) is 2.53. The Balaban J connectivity index is 1.60. The van der Waals surface area contributed by atoms with E-state index >= 15 is 0 Å². The van der Waals surface area contributed by atoms with Crippen molar-refractivity contribution >= 4 is 22.7 Å². The van der Waals surface area contributed by atoms with Gasteiger partial charge in [0.2, 0.25) is 0 Å². The van der Waals surface area contributed by atoms with Gasteiger partial charge in [-0.15, -0.1) is 0 Å². The Bertz CT molecular complexity index is 808. The molecule has 1 heterocycles. The molecule has 1 aromatic heterocycles. The van der Waals surface area contributed by atoms with E-state index in [0.717, 1.165) is 41.6 Å². The van der Waals surface area contributed by atoms with Gasteiger partial charge in [-0.25, -0.2) is 4.79 Å². The van der Waals surface area contributed by atoms with Crippen molar-refractivity contribution in [2.45, 2.75) is 32.8 Å². The monoisotopic (exact) mass is 323 g/mol. The van der Waals surface area contributed by atoms with Crippen LogP contribution >= 0.6 is 0 Å². The number of benzene rings is 2. The molecule has 0 unspecified atom stereocenters. The number of rotatable bonds is 6. The molecule has 0 saturated heterocycles. The fourth-order valence-electron chi connectivity index (χ4n) is 2.53. The molecule has 24 heavy (non-hydrogen) atoms. The van der Waals surface area contributed by atoms with E-state index in [1.54, 1.807) is 0 Å². The van der Waals surface area contributed by atoms with Crippen molar-refractivity contribution in [3.05, 3.63) is 65.9 Å². The van der Waals surface area contributed by atoms with Crippen LogP contribution in [0.3, 0.4) is 0 Å². The number of hydrogen-bond donors (Lipinski definition) is 1. The highest BCUT2D eigenvalue weighted by molar-refractivity contribution is 5.89. The number of furan rings is 1. The van der Waals surface area contributed by atoms with Gasteiger partial charge in [0, 0.05) is 17.5 Å². The van der Waals surface area contributed by atoms with Gasteiger partial charge in [-0.05, 0) is 36.2 Å². The summed E-state index contributed by atoms with van der Waals surface area (Å²) in [7, 11) is 0. The lowest BCUT2D eigenvalue weighted by molar-refractivity contribution is 0.155. The standard InChI is InChI=1S/C20H21NO3/c1-2-3-9-18-13-16-12-17(10-11-19(16)24-18)21-20(22)23-14-15-7-5-4-6-8-15/h4-8,10-13H,2-3,9,14H2,1H3,(H,21,22). The first-order valence-corrected chi connectivity index (χ1v) is 8.25. The molecule has 0 spiro atoms. The van der Waals surface area contributed by atoms with Gasteiger partial charge < -0.3 is 9.15 Å². The Morgan fingerprint density at radius 3 is 2.75 bits per heavy atom. The highest BCUT2D eigenvalue weighted by Gasteiger charge is 2.07. The number of nitrogens with one attached hydrogen (secondary N) is 1.